The van der Waals surface area contributed by atoms with E-state index in [1.165, 1.54) is 20.7 Å². The minimum atomic E-state index is -2.92. The molecule has 3 atom stereocenters. The normalized spacial score (nSPS) is 20.2. The van der Waals surface area contributed by atoms with Gasteiger partial charge in [-0.3, -0.25) is 4.79 Å². The van der Waals surface area contributed by atoms with Crippen LogP contribution in [0.5, 0.6) is 11.5 Å². The standard InChI is InChI=1S/C47H52O5Si2/c1-45(2,3)53(36-20-12-8-13-21-36,37-22-14-9-15-23-37)50-34-47-31-30-41(48)43(51-47)33-40(47)35-28-29-42(44(32-35)49-7)52-54(46(4,5)6,38-24-16-10-17-25-38)39-26-18-11-19-27-39/h8-32,40,43H,33-34H2,1-7H3/t40-,43+,47-/m1/s1. The maximum Gasteiger partial charge on any atom is 0.320 e. The lowest BCUT2D eigenvalue weighted by atomic mass is 9.82. The molecule has 0 spiro atoms. The fourth-order valence-electron chi connectivity index (χ4n) is 8.85. The van der Waals surface area contributed by atoms with Gasteiger partial charge in [0, 0.05) is 5.92 Å². The molecule has 0 aliphatic carbocycles. The van der Waals surface area contributed by atoms with E-state index in [1.807, 2.05) is 6.08 Å². The Hall–Kier alpha value is -4.54. The molecule has 0 unspecified atom stereocenters. The fourth-order valence-corrected chi connectivity index (χ4v) is 17.9. The van der Waals surface area contributed by atoms with E-state index in [4.69, 9.17) is 18.3 Å². The molecule has 0 radical (unpaired) electrons. The largest absolute Gasteiger partial charge is 0.531 e. The van der Waals surface area contributed by atoms with Crippen LogP contribution in [0, 0.1) is 0 Å². The van der Waals surface area contributed by atoms with E-state index in [2.05, 4.69) is 181 Å². The molecule has 2 bridgehead atoms. The first-order chi connectivity index (χ1) is 25.8. The molecule has 0 N–H and O–H groups in total. The minimum Gasteiger partial charge on any atom is -0.531 e. The van der Waals surface area contributed by atoms with Crippen molar-refractivity contribution in [2.45, 2.75) is 75.7 Å². The Bertz CT molecular complexity index is 2010. The SMILES string of the molecule is COc1cc([C@H]2C[C@@H]3O[C@@]2(CO[Si](c2ccccc2)(c2ccccc2)C(C)(C)C)C=CC3=O)ccc1O[Si](c1ccccc1)(c1ccccc1)C(C)(C)C. The Morgan fingerprint density at radius 3 is 1.56 bits per heavy atom. The second-order valence-electron chi connectivity index (χ2n) is 16.7. The number of rotatable bonds is 11. The van der Waals surface area contributed by atoms with Crippen molar-refractivity contribution in [3.05, 3.63) is 157 Å². The third-order valence-electron chi connectivity index (χ3n) is 11.4. The van der Waals surface area contributed by atoms with Gasteiger partial charge >= 0.3 is 8.32 Å². The molecule has 2 aliphatic rings. The van der Waals surface area contributed by atoms with Gasteiger partial charge in [0.1, 0.15) is 17.5 Å². The lowest BCUT2D eigenvalue weighted by molar-refractivity contribution is -0.132. The summed E-state index contributed by atoms with van der Waals surface area (Å²) in [7, 11) is -4.12. The van der Waals surface area contributed by atoms with Crippen molar-refractivity contribution in [3.8, 4) is 11.5 Å². The predicted molar refractivity (Wildman–Crippen MR) is 224 cm³/mol. The van der Waals surface area contributed by atoms with Gasteiger partial charge in [-0.25, -0.2) is 0 Å². The molecule has 0 saturated carbocycles. The molecule has 5 aromatic rings. The van der Waals surface area contributed by atoms with Crippen LogP contribution in [0.2, 0.25) is 10.1 Å². The Morgan fingerprint density at radius 2 is 1.11 bits per heavy atom. The van der Waals surface area contributed by atoms with Crippen molar-refractivity contribution < 1.29 is 23.1 Å². The molecule has 278 valence electrons. The molecule has 5 nitrogen and oxygen atoms in total. The molecule has 2 aliphatic heterocycles. The van der Waals surface area contributed by atoms with E-state index >= 15 is 0 Å². The summed E-state index contributed by atoms with van der Waals surface area (Å²) in [6, 6.07) is 48.8. The Morgan fingerprint density at radius 1 is 0.648 bits per heavy atom. The topological polar surface area (TPSA) is 54.0 Å². The molecule has 0 amide bonds. The Balaban J connectivity index is 1.30. The number of ketones is 1. The van der Waals surface area contributed by atoms with E-state index in [1.54, 1.807) is 13.2 Å². The summed E-state index contributed by atoms with van der Waals surface area (Å²) in [6.07, 6.45) is 3.68. The molecule has 1 saturated heterocycles. The highest BCUT2D eigenvalue weighted by atomic mass is 28.4. The van der Waals surface area contributed by atoms with Gasteiger partial charge in [0.05, 0.1) is 13.7 Å². The lowest BCUT2D eigenvalue weighted by Gasteiger charge is -2.45. The summed E-state index contributed by atoms with van der Waals surface area (Å²) in [5.74, 6) is 1.19. The van der Waals surface area contributed by atoms with Gasteiger partial charge in [-0.15, -0.1) is 0 Å². The van der Waals surface area contributed by atoms with Crippen LogP contribution < -0.4 is 29.9 Å². The van der Waals surface area contributed by atoms with Crippen molar-refractivity contribution in [2.24, 2.45) is 0 Å². The van der Waals surface area contributed by atoms with Crippen molar-refractivity contribution in [1.82, 2.24) is 0 Å². The monoisotopic (exact) mass is 752 g/mol. The van der Waals surface area contributed by atoms with Gasteiger partial charge in [0.2, 0.25) is 0 Å². The van der Waals surface area contributed by atoms with Gasteiger partial charge in [0.25, 0.3) is 8.32 Å². The average Bonchev–Trinajstić information content (AvgIpc) is 3.50. The third kappa shape index (κ3) is 6.51. The summed E-state index contributed by atoms with van der Waals surface area (Å²) in [4.78, 5) is 13.2. The number of hydrogen-bond acceptors (Lipinski definition) is 5. The summed E-state index contributed by atoms with van der Waals surface area (Å²) in [5, 5.41) is 4.36. The van der Waals surface area contributed by atoms with Crippen molar-refractivity contribution >= 4 is 43.2 Å². The van der Waals surface area contributed by atoms with Crippen LogP contribution >= 0.6 is 0 Å². The number of hydrogen-bond donors (Lipinski definition) is 0. The Labute approximate surface area is 323 Å². The molecule has 7 heteroatoms. The van der Waals surface area contributed by atoms with Crippen LogP contribution in [-0.4, -0.2) is 47.8 Å². The maximum absolute atomic E-state index is 13.2. The van der Waals surface area contributed by atoms with Gasteiger partial charge in [0.15, 0.2) is 11.5 Å². The number of benzene rings is 5. The number of carbonyl (C=O) groups is 1. The maximum atomic E-state index is 13.2. The molecule has 1 fully saturated rings. The second-order valence-corrected chi connectivity index (χ2v) is 25.2. The fraction of sp³-hybridized carbons (Fsp3) is 0.298. The van der Waals surface area contributed by atoms with Gasteiger partial charge in [-0.2, -0.15) is 0 Å². The lowest BCUT2D eigenvalue weighted by Crippen LogP contribution is -2.68. The number of carbonyl (C=O) groups excluding carboxylic acids is 1. The zero-order chi connectivity index (χ0) is 38.2. The summed E-state index contributed by atoms with van der Waals surface area (Å²) in [5.41, 5.74) is 0.173. The summed E-state index contributed by atoms with van der Waals surface area (Å²) in [6.45, 7) is 14.0. The first kappa shape index (κ1) is 37.8. The van der Waals surface area contributed by atoms with E-state index in [0.29, 0.717) is 24.5 Å². The predicted octanol–water partition coefficient (Wildman–Crippen LogP) is 7.96. The minimum absolute atomic E-state index is 0.00262. The molecule has 7 rings (SSSR count). The van der Waals surface area contributed by atoms with E-state index in [0.717, 1.165) is 5.56 Å². The number of fused-ring (bicyclic) bond motifs is 2. The highest BCUT2D eigenvalue weighted by Gasteiger charge is 2.57. The highest BCUT2D eigenvalue weighted by molar-refractivity contribution is 7.00. The van der Waals surface area contributed by atoms with Gasteiger partial charge < -0.3 is 18.3 Å². The van der Waals surface area contributed by atoms with Crippen LogP contribution in [0.15, 0.2) is 152 Å². The van der Waals surface area contributed by atoms with Crippen LogP contribution in [0.3, 0.4) is 0 Å². The van der Waals surface area contributed by atoms with Gasteiger partial charge in [-0.1, -0.05) is 169 Å². The third-order valence-corrected chi connectivity index (χ3v) is 21.4. The van der Waals surface area contributed by atoms with Gasteiger partial charge in [-0.05, 0) is 67.1 Å². The van der Waals surface area contributed by atoms with Crippen LogP contribution in [-0.2, 0) is 14.0 Å². The van der Waals surface area contributed by atoms with Crippen LogP contribution in [0.1, 0.15) is 59.4 Å². The van der Waals surface area contributed by atoms with Crippen molar-refractivity contribution in [3.63, 3.8) is 0 Å². The van der Waals surface area contributed by atoms with Crippen LogP contribution in [0.4, 0.5) is 0 Å². The van der Waals surface area contributed by atoms with Crippen molar-refractivity contribution in [2.75, 3.05) is 13.7 Å². The molecule has 54 heavy (non-hydrogen) atoms. The highest BCUT2D eigenvalue weighted by Crippen LogP contribution is 2.50. The van der Waals surface area contributed by atoms with E-state index in [-0.39, 0.29) is 21.8 Å². The Kier molecular flexibility index (Phi) is 10.2. The zero-order valence-electron chi connectivity index (χ0n) is 32.5. The summed E-state index contributed by atoms with van der Waals surface area (Å²) < 4.78 is 27.9. The molecule has 5 aromatic carbocycles. The number of ether oxygens (including phenoxy) is 2. The van der Waals surface area contributed by atoms with E-state index < -0.39 is 28.3 Å². The number of methoxy groups -OCH3 is 1. The average molecular weight is 753 g/mol. The molecule has 2 heterocycles. The first-order valence-electron chi connectivity index (χ1n) is 19.0. The molecule has 0 aromatic heterocycles. The van der Waals surface area contributed by atoms with Crippen LogP contribution in [0.25, 0.3) is 0 Å². The first-order valence-corrected chi connectivity index (χ1v) is 22.8. The quantitative estimate of drug-likeness (QED) is 0.128. The summed E-state index contributed by atoms with van der Waals surface area (Å²) >= 11 is 0. The second kappa shape index (κ2) is 14.6. The molecular weight excluding hydrogens is 701 g/mol. The van der Waals surface area contributed by atoms with Crippen molar-refractivity contribution in [1.29, 1.82) is 0 Å². The zero-order valence-corrected chi connectivity index (χ0v) is 34.5. The molecular formula is C47H52O5Si2. The van der Waals surface area contributed by atoms with E-state index in [9.17, 15) is 4.79 Å². The smallest absolute Gasteiger partial charge is 0.320 e.